The number of hydrogen-bond donors (Lipinski definition) is 2. The van der Waals surface area contributed by atoms with Gasteiger partial charge < -0.3 is 10.6 Å². The molecule has 3 aromatic carbocycles. The van der Waals surface area contributed by atoms with E-state index >= 15 is 0 Å². The number of carbonyl (C=O) groups excluding carboxylic acids is 1. The maximum Gasteiger partial charge on any atom is 0.279 e. The average Bonchev–Trinajstić information content (AvgIpc) is 2.62. The molecule has 3 nitrogen and oxygen atoms in total. The van der Waals surface area contributed by atoms with Gasteiger partial charge in [0, 0.05) is 17.2 Å². The van der Waals surface area contributed by atoms with Crippen molar-refractivity contribution in [1.29, 1.82) is 0 Å². The summed E-state index contributed by atoms with van der Waals surface area (Å²) in [5, 5.41) is 7.44. The Bertz CT molecular complexity index is 843. The second-order valence-corrected chi connectivity index (χ2v) is 6.73. The number of rotatable bonds is 6. The number of quaternary nitrogens is 1. The molecule has 25 heavy (non-hydrogen) atoms. The minimum absolute atomic E-state index is 0.0249. The first-order valence-electron chi connectivity index (χ1n) is 8.80. The van der Waals surface area contributed by atoms with Crippen LogP contribution in [-0.4, -0.2) is 12.5 Å². The van der Waals surface area contributed by atoms with Crippen molar-refractivity contribution in [1.82, 2.24) is 0 Å². The van der Waals surface area contributed by atoms with Crippen molar-refractivity contribution in [3.05, 3.63) is 78.4 Å². The van der Waals surface area contributed by atoms with Crippen LogP contribution in [-0.2, 0) is 4.79 Å². The van der Waals surface area contributed by atoms with Crippen LogP contribution < -0.4 is 10.6 Å². The molecule has 1 amide bonds. The van der Waals surface area contributed by atoms with Gasteiger partial charge in [-0.2, -0.15) is 0 Å². The smallest absolute Gasteiger partial charge is 0.279 e. The fourth-order valence-corrected chi connectivity index (χ4v) is 3.18. The molecule has 0 spiro atoms. The van der Waals surface area contributed by atoms with E-state index in [4.69, 9.17) is 0 Å². The van der Waals surface area contributed by atoms with E-state index < -0.39 is 0 Å². The van der Waals surface area contributed by atoms with Crippen LogP contribution in [0.15, 0.2) is 72.8 Å². The number of nitrogens with two attached hydrogens (primary N) is 1. The van der Waals surface area contributed by atoms with Crippen LogP contribution >= 0.6 is 0 Å². The van der Waals surface area contributed by atoms with Gasteiger partial charge in [0.2, 0.25) is 0 Å². The van der Waals surface area contributed by atoms with Gasteiger partial charge >= 0.3 is 0 Å². The first-order valence-corrected chi connectivity index (χ1v) is 8.80. The summed E-state index contributed by atoms with van der Waals surface area (Å²) in [6.45, 7) is 4.79. The van der Waals surface area contributed by atoms with Crippen molar-refractivity contribution in [2.24, 2.45) is 5.92 Å². The molecule has 1 atom stereocenters. The van der Waals surface area contributed by atoms with Crippen molar-refractivity contribution < 1.29 is 10.1 Å². The highest BCUT2D eigenvalue weighted by Gasteiger charge is 2.20. The Hall–Kier alpha value is -2.65. The monoisotopic (exact) mass is 333 g/mol. The standard InChI is InChI=1S/C22H24N2O/c1-16(2)22(18-9-4-3-5-10-18)23-15-21(25)24-20-13-12-17-8-6-7-11-19(17)14-20/h3-14,16,22-23H,15H2,1-2H3,(H,24,25)/p+1/t22-/m0/s1. The van der Waals surface area contributed by atoms with Gasteiger partial charge in [0.1, 0.15) is 6.04 Å². The van der Waals surface area contributed by atoms with E-state index in [9.17, 15) is 4.79 Å². The maximum atomic E-state index is 12.4. The Morgan fingerprint density at radius 2 is 1.60 bits per heavy atom. The SMILES string of the molecule is CC(C)[C@H]([NH2+]CC(=O)Nc1ccc2ccccc2c1)c1ccccc1. The Morgan fingerprint density at radius 1 is 0.920 bits per heavy atom. The quantitative estimate of drug-likeness (QED) is 0.709. The zero-order valence-electron chi connectivity index (χ0n) is 14.8. The van der Waals surface area contributed by atoms with Gasteiger partial charge in [0.15, 0.2) is 6.54 Å². The summed E-state index contributed by atoms with van der Waals surface area (Å²) in [6, 6.07) is 24.8. The maximum absolute atomic E-state index is 12.4. The molecule has 0 saturated carbocycles. The molecule has 128 valence electrons. The molecule has 3 heteroatoms. The molecule has 3 aromatic rings. The van der Waals surface area contributed by atoms with Gasteiger partial charge in [-0.3, -0.25) is 4.79 Å². The van der Waals surface area contributed by atoms with Crippen LogP contribution in [0.5, 0.6) is 0 Å². The molecular weight excluding hydrogens is 308 g/mol. The average molecular weight is 333 g/mol. The highest BCUT2D eigenvalue weighted by Crippen LogP contribution is 2.19. The van der Waals surface area contributed by atoms with Crippen molar-refractivity contribution in [2.45, 2.75) is 19.9 Å². The van der Waals surface area contributed by atoms with Gasteiger partial charge in [-0.15, -0.1) is 0 Å². The van der Waals surface area contributed by atoms with E-state index in [0.717, 1.165) is 11.1 Å². The highest BCUT2D eigenvalue weighted by atomic mass is 16.1. The Kier molecular flexibility index (Phi) is 5.46. The second kappa shape index (κ2) is 7.95. The summed E-state index contributed by atoms with van der Waals surface area (Å²) in [6.07, 6.45) is 0. The summed E-state index contributed by atoms with van der Waals surface area (Å²) in [4.78, 5) is 12.4. The number of anilines is 1. The van der Waals surface area contributed by atoms with E-state index in [-0.39, 0.29) is 11.9 Å². The van der Waals surface area contributed by atoms with Gasteiger partial charge in [-0.25, -0.2) is 0 Å². The lowest BCUT2D eigenvalue weighted by molar-refractivity contribution is -0.692. The van der Waals surface area contributed by atoms with E-state index in [2.05, 4.69) is 48.7 Å². The number of fused-ring (bicyclic) bond motifs is 1. The molecule has 0 unspecified atom stereocenters. The van der Waals surface area contributed by atoms with Crippen molar-refractivity contribution >= 4 is 22.4 Å². The van der Waals surface area contributed by atoms with Gasteiger partial charge in [-0.1, -0.05) is 74.5 Å². The first-order chi connectivity index (χ1) is 12.1. The molecule has 0 radical (unpaired) electrons. The third-order valence-corrected chi connectivity index (χ3v) is 4.49. The lowest BCUT2D eigenvalue weighted by Gasteiger charge is -2.19. The number of carbonyl (C=O) groups is 1. The molecule has 0 aliphatic rings. The molecule has 3 N–H and O–H groups in total. The lowest BCUT2D eigenvalue weighted by atomic mass is 9.96. The fraction of sp³-hybridized carbons (Fsp3) is 0.227. The minimum Gasteiger partial charge on any atom is -0.332 e. The van der Waals surface area contributed by atoms with Crippen molar-refractivity contribution in [2.75, 3.05) is 11.9 Å². The van der Waals surface area contributed by atoms with E-state index in [1.807, 2.05) is 48.5 Å². The largest absolute Gasteiger partial charge is 0.332 e. The Balaban J connectivity index is 1.63. The number of nitrogens with one attached hydrogen (secondary N) is 1. The van der Waals surface area contributed by atoms with E-state index in [0.29, 0.717) is 12.5 Å². The fourth-order valence-electron chi connectivity index (χ4n) is 3.18. The van der Waals surface area contributed by atoms with Crippen LogP contribution in [0.1, 0.15) is 25.5 Å². The predicted octanol–water partition coefficient (Wildman–Crippen LogP) is 3.74. The molecule has 3 rings (SSSR count). The molecule has 0 saturated heterocycles. The van der Waals surface area contributed by atoms with Crippen LogP contribution in [0.2, 0.25) is 0 Å². The van der Waals surface area contributed by atoms with Gasteiger partial charge in [0.25, 0.3) is 5.91 Å². The van der Waals surface area contributed by atoms with E-state index in [1.165, 1.54) is 10.9 Å². The summed E-state index contributed by atoms with van der Waals surface area (Å²) >= 11 is 0. The molecular formula is C22H25N2O+. The predicted molar refractivity (Wildman–Crippen MR) is 103 cm³/mol. The third kappa shape index (κ3) is 4.46. The number of benzene rings is 3. The molecule has 0 aliphatic heterocycles. The normalized spacial score (nSPS) is 12.3. The molecule has 0 aromatic heterocycles. The summed E-state index contributed by atoms with van der Waals surface area (Å²) < 4.78 is 0. The van der Waals surface area contributed by atoms with Gasteiger partial charge in [-0.05, 0) is 22.9 Å². The van der Waals surface area contributed by atoms with Crippen LogP contribution in [0.4, 0.5) is 5.69 Å². The Labute approximate surface area is 149 Å². The Morgan fingerprint density at radius 3 is 2.32 bits per heavy atom. The molecule has 0 aliphatic carbocycles. The lowest BCUT2D eigenvalue weighted by Crippen LogP contribution is -2.88. The molecule has 0 bridgehead atoms. The van der Waals surface area contributed by atoms with Crippen molar-refractivity contribution in [3.63, 3.8) is 0 Å². The minimum atomic E-state index is 0.0249. The number of amides is 1. The molecule has 0 fully saturated rings. The molecule has 0 heterocycles. The zero-order chi connectivity index (χ0) is 17.6. The highest BCUT2D eigenvalue weighted by molar-refractivity contribution is 5.94. The second-order valence-electron chi connectivity index (χ2n) is 6.73. The first kappa shape index (κ1) is 17.2. The zero-order valence-corrected chi connectivity index (χ0v) is 14.8. The third-order valence-electron chi connectivity index (χ3n) is 4.49. The van der Waals surface area contributed by atoms with Crippen LogP contribution in [0.25, 0.3) is 10.8 Å². The number of hydrogen-bond acceptors (Lipinski definition) is 1. The van der Waals surface area contributed by atoms with Gasteiger partial charge in [0.05, 0.1) is 0 Å². The summed E-state index contributed by atoms with van der Waals surface area (Å²) in [5.74, 6) is 0.479. The van der Waals surface area contributed by atoms with Crippen LogP contribution in [0.3, 0.4) is 0 Å². The van der Waals surface area contributed by atoms with Crippen LogP contribution in [0, 0.1) is 5.92 Å². The summed E-state index contributed by atoms with van der Waals surface area (Å²) in [5.41, 5.74) is 2.11. The van der Waals surface area contributed by atoms with Crippen molar-refractivity contribution in [3.8, 4) is 0 Å². The van der Waals surface area contributed by atoms with E-state index in [1.54, 1.807) is 0 Å². The topological polar surface area (TPSA) is 45.7 Å². The summed E-state index contributed by atoms with van der Waals surface area (Å²) in [7, 11) is 0.